The predicted octanol–water partition coefficient (Wildman–Crippen LogP) is 2.82. The number of halogens is 3. The summed E-state index contributed by atoms with van der Waals surface area (Å²) >= 11 is 0. The maximum atomic E-state index is 12.6. The molecule has 1 aromatic heterocycles. The van der Waals surface area contributed by atoms with Crippen molar-refractivity contribution >= 4 is 11.8 Å². The third kappa shape index (κ3) is 4.64. The second kappa shape index (κ2) is 7.24. The summed E-state index contributed by atoms with van der Waals surface area (Å²) in [5, 5.41) is 0. The molecule has 2 rings (SSSR count). The first-order valence-electron chi connectivity index (χ1n) is 7.10. The molecule has 0 saturated heterocycles. The molecule has 0 aliphatic heterocycles. The van der Waals surface area contributed by atoms with E-state index in [1.165, 1.54) is 12.1 Å². The molecule has 0 fully saturated rings. The molecule has 2 aromatic rings. The molecule has 0 aliphatic rings. The Morgan fingerprint density at radius 3 is 2.46 bits per heavy atom. The van der Waals surface area contributed by atoms with Gasteiger partial charge < -0.3 is 20.9 Å². The third-order valence-corrected chi connectivity index (χ3v) is 3.04. The van der Waals surface area contributed by atoms with Gasteiger partial charge in [0.15, 0.2) is 11.6 Å². The summed E-state index contributed by atoms with van der Waals surface area (Å²) in [5.74, 6) is 0.684. The van der Waals surface area contributed by atoms with Crippen molar-refractivity contribution in [2.45, 2.75) is 19.5 Å². The first kappa shape index (κ1) is 17.6. The van der Waals surface area contributed by atoms with Crippen LogP contribution in [0, 0.1) is 6.92 Å². The molecule has 0 atom stereocenters. The number of hydrogen-bond donors (Lipinski definition) is 2. The highest BCUT2D eigenvalue weighted by atomic mass is 19.4. The molecule has 9 heteroatoms. The van der Waals surface area contributed by atoms with Gasteiger partial charge in [0.05, 0.1) is 24.5 Å². The Kier molecular flexibility index (Phi) is 5.32. The van der Waals surface area contributed by atoms with E-state index in [0.717, 1.165) is 12.1 Å². The third-order valence-electron chi connectivity index (χ3n) is 3.04. The van der Waals surface area contributed by atoms with Crippen molar-refractivity contribution in [1.29, 1.82) is 0 Å². The molecule has 0 saturated carbocycles. The van der Waals surface area contributed by atoms with Crippen LogP contribution in [0.3, 0.4) is 0 Å². The molecule has 0 amide bonds. The van der Waals surface area contributed by atoms with Crippen molar-refractivity contribution in [3.63, 3.8) is 0 Å². The van der Waals surface area contributed by atoms with Crippen LogP contribution in [-0.4, -0.2) is 23.2 Å². The number of nitrogens with two attached hydrogens (primary N) is 2. The zero-order chi connectivity index (χ0) is 17.7. The number of nitrogen functional groups attached to an aromatic ring is 2. The van der Waals surface area contributed by atoms with Crippen LogP contribution >= 0.6 is 0 Å². The summed E-state index contributed by atoms with van der Waals surface area (Å²) < 4.78 is 48.6. The van der Waals surface area contributed by atoms with Crippen LogP contribution in [-0.2, 0) is 6.18 Å². The van der Waals surface area contributed by atoms with Crippen LogP contribution in [0.4, 0.5) is 24.9 Å². The highest BCUT2D eigenvalue weighted by Gasteiger charge is 2.30. The second-order valence-corrected chi connectivity index (χ2v) is 4.96. The van der Waals surface area contributed by atoms with Crippen molar-refractivity contribution in [2.24, 2.45) is 0 Å². The number of benzene rings is 1. The maximum absolute atomic E-state index is 12.6. The molecular formula is C15H17F3N4O2. The molecule has 0 unspecified atom stereocenters. The van der Waals surface area contributed by atoms with Crippen LogP contribution in [0.25, 0.3) is 0 Å². The Bertz CT molecular complexity index is 684. The van der Waals surface area contributed by atoms with Crippen LogP contribution in [0.2, 0.25) is 0 Å². The van der Waals surface area contributed by atoms with Gasteiger partial charge in [-0.1, -0.05) is 6.07 Å². The quantitative estimate of drug-likeness (QED) is 0.784. The molecule has 1 heterocycles. The van der Waals surface area contributed by atoms with Gasteiger partial charge in [-0.3, -0.25) is 0 Å². The Balaban J connectivity index is 1.82. The molecule has 0 spiro atoms. The number of hydrogen-bond acceptors (Lipinski definition) is 6. The van der Waals surface area contributed by atoms with Crippen molar-refractivity contribution in [1.82, 2.24) is 9.97 Å². The van der Waals surface area contributed by atoms with Gasteiger partial charge in [-0.2, -0.15) is 18.2 Å². The average Bonchev–Trinajstić information content (AvgIpc) is 2.48. The zero-order valence-electron chi connectivity index (χ0n) is 12.9. The summed E-state index contributed by atoms with van der Waals surface area (Å²) in [4.78, 5) is 7.73. The molecule has 0 bridgehead atoms. The van der Waals surface area contributed by atoms with E-state index in [1.807, 2.05) is 0 Å². The molecule has 0 radical (unpaired) electrons. The largest absolute Gasteiger partial charge is 0.493 e. The first-order valence-corrected chi connectivity index (χ1v) is 7.10. The van der Waals surface area contributed by atoms with Crippen LogP contribution in [0.1, 0.15) is 17.7 Å². The number of ether oxygens (including phenoxy) is 2. The number of nitrogens with zero attached hydrogens (tertiary/aromatic N) is 2. The fraction of sp³-hybridized carbons (Fsp3) is 0.333. The SMILES string of the molecule is Cc1nc(N)nc(N)c1OCCCOc1cccc(C(F)(F)F)c1. The normalized spacial score (nSPS) is 11.3. The van der Waals surface area contributed by atoms with Gasteiger partial charge in [0.2, 0.25) is 5.95 Å². The molecule has 4 N–H and O–H groups in total. The topological polar surface area (TPSA) is 96.3 Å². The number of aromatic nitrogens is 2. The lowest BCUT2D eigenvalue weighted by Gasteiger charge is -2.12. The second-order valence-electron chi connectivity index (χ2n) is 4.96. The molecule has 0 aliphatic carbocycles. The minimum absolute atomic E-state index is 0.0604. The number of alkyl halides is 3. The lowest BCUT2D eigenvalue weighted by molar-refractivity contribution is -0.137. The maximum Gasteiger partial charge on any atom is 0.416 e. The van der Waals surface area contributed by atoms with E-state index in [1.54, 1.807) is 6.92 Å². The summed E-state index contributed by atoms with van der Waals surface area (Å²) in [6.07, 6.45) is -3.95. The van der Waals surface area contributed by atoms with Crippen LogP contribution in [0.15, 0.2) is 24.3 Å². The molecular weight excluding hydrogens is 325 g/mol. The van der Waals surface area contributed by atoms with E-state index in [2.05, 4.69) is 9.97 Å². The van der Waals surface area contributed by atoms with Gasteiger partial charge in [0.1, 0.15) is 5.75 Å². The van der Waals surface area contributed by atoms with Crippen LogP contribution in [0.5, 0.6) is 11.5 Å². The number of rotatable bonds is 6. The van der Waals surface area contributed by atoms with Crippen LogP contribution < -0.4 is 20.9 Å². The summed E-state index contributed by atoms with van der Waals surface area (Å²) in [7, 11) is 0. The lowest BCUT2D eigenvalue weighted by Crippen LogP contribution is -2.10. The van der Waals surface area contributed by atoms with Crippen molar-refractivity contribution < 1.29 is 22.6 Å². The minimum atomic E-state index is -4.40. The Hall–Kier alpha value is -2.71. The average molecular weight is 342 g/mol. The van der Waals surface area contributed by atoms with Gasteiger partial charge in [-0.15, -0.1) is 0 Å². The van der Waals surface area contributed by atoms with Gasteiger partial charge >= 0.3 is 6.18 Å². The van der Waals surface area contributed by atoms with E-state index < -0.39 is 11.7 Å². The molecule has 130 valence electrons. The first-order chi connectivity index (χ1) is 11.3. The summed E-state index contributed by atoms with van der Waals surface area (Å²) in [5.41, 5.74) is 10.9. The zero-order valence-corrected chi connectivity index (χ0v) is 12.9. The highest BCUT2D eigenvalue weighted by Crippen LogP contribution is 2.31. The predicted molar refractivity (Wildman–Crippen MR) is 82.6 cm³/mol. The Morgan fingerprint density at radius 1 is 1.08 bits per heavy atom. The summed E-state index contributed by atoms with van der Waals surface area (Å²) in [6.45, 7) is 2.12. The standard InChI is InChI=1S/C15H17F3N4O2/c1-9-12(13(19)22-14(20)21-9)24-7-3-6-23-11-5-2-4-10(8-11)15(16,17)18/h2,4-5,8H,3,6-7H2,1H3,(H4,19,20,21,22). The van der Waals surface area contributed by atoms with Gasteiger partial charge in [0, 0.05) is 6.42 Å². The van der Waals surface area contributed by atoms with E-state index in [0.29, 0.717) is 17.9 Å². The molecule has 6 nitrogen and oxygen atoms in total. The summed E-state index contributed by atoms with van der Waals surface area (Å²) in [6, 6.07) is 4.70. The van der Waals surface area contributed by atoms with Crippen molar-refractivity contribution in [3.05, 3.63) is 35.5 Å². The van der Waals surface area contributed by atoms with E-state index in [4.69, 9.17) is 20.9 Å². The van der Waals surface area contributed by atoms with E-state index in [-0.39, 0.29) is 30.7 Å². The highest BCUT2D eigenvalue weighted by molar-refractivity contribution is 5.51. The van der Waals surface area contributed by atoms with Gasteiger partial charge in [0.25, 0.3) is 0 Å². The Labute approximate surface area is 136 Å². The van der Waals surface area contributed by atoms with Gasteiger partial charge in [-0.05, 0) is 25.1 Å². The van der Waals surface area contributed by atoms with E-state index in [9.17, 15) is 13.2 Å². The number of aryl methyl sites for hydroxylation is 1. The Morgan fingerprint density at radius 2 is 1.79 bits per heavy atom. The number of anilines is 2. The monoisotopic (exact) mass is 342 g/mol. The smallest absolute Gasteiger partial charge is 0.416 e. The fourth-order valence-electron chi connectivity index (χ4n) is 1.97. The van der Waals surface area contributed by atoms with Crippen molar-refractivity contribution in [3.8, 4) is 11.5 Å². The lowest BCUT2D eigenvalue weighted by atomic mass is 10.2. The van der Waals surface area contributed by atoms with Crippen molar-refractivity contribution in [2.75, 3.05) is 24.7 Å². The molecule has 24 heavy (non-hydrogen) atoms. The molecule has 1 aromatic carbocycles. The fourth-order valence-corrected chi connectivity index (χ4v) is 1.97. The van der Waals surface area contributed by atoms with E-state index >= 15 is 0 Å². The minimum Gasteiger partial charge on any atom is -0.493 e. The van der Waals surface area contributed by atoms with Gasteiger partial charge in [-0.25, -0.2) is 4.98 Å².